The van der Waals surface area contributed by atoms with Crippen molar-refractivity contribution >= 4 is 11.9 Å². The molecular weight excluding hydrogens is 323 g/mol. The van der Waals surface area contributed by atoms with E-state index in [-0.39, 0.29) is 0 Å². The van der Waals surface area contributed by atoms with Gasteiger partial charge in [0.1, 0.15) is 18.2 Å². The number of nitrogens with zero attached hydrogens (tertiary/aromatic N) is 3. The average Bonchev–Trinajstić information content (AvgIpc) is 3.06. The fraction of sp³-hybridized carbons (Fsp3) is 0.389. The summed E-state index contributed by atoms with van der Waals surface area (Å²) in [7, 11) is 0. The zero-order valence-electron chi connectivity index (χ0n) is 14.3. The zero-order valence-corrected chi connectivity index (χ0v) is 14.3. The number of allylic oxidation sites excluding steroid dienone is 1. The number of aromatic nitrogens is 3. The average molecular weight is 344 g/mol. The number of fused-ring (bicyclic) bond motifs is 1. The Morgan fingerprint density at radius 3 is 2.92 bits per heavy atom. The minimum absolute atomic E-state index is 0.345. The van der Waals surface area contributed by atoms with Crippen LogP contribution in [0.15, 0.2) is 41.9 Å². The number of unbranched alkanes of at least 4 members (excludes halogenated alkanes) is 2. The molecule has 7 heteroatoms. The molecule has 1 aliphatic heterocycles. The molecule has 3 rings (SSSR count). The van der Waals surface area contributed by atoms with E-state index in [4.69, 9.17) is 4.74 Å². The summed E-state index contributed by atoms with van der Waals surface area (Å²) in [6.07, 6.45) is 4.22. The Balaban J connectivity index is 1.96. The predicted molar refractivity (Wildman–Crippen MR) is 91.4 cm³/mol. The molecule has 1 aromatic heterocycles. The Labute approximate surface area is 145 Å². The van der Waals surface area contributed by atoms with Gasteiger partial charge in [0.05, 0.1) is 12.2 Å². The van der Waals surface area contributed by atoms with Crippen molar-refractivity contribution in [2.75, 3.05) is 11.9 Å². The maximum Gasteiger partial charge on any atom is 0.338 e. The second-order valence-electron chi connectivity index (χ2n) is 5.96. The van der Waals surface area contributed by atoms with Crippen molar-refractivity contribution in [1.29, 1.82) is 0 Å². The fourth-order valence-corrected chi connectivity index (χ4v) is 2.93. The van der Waals surface area contributed by atoms with Gasteiger partial charge < -0.3 is 10.1 Å². The Hall–Kier alpha value is -2.70. The van der Waals surface area contributed by atoms with Gasteiger partial charge in [-0.1, -0.05) is 38.0 Å². The molecule has 0 spiro atoms. The number of nitrogens with one attached hydrogen (secondary N) is 1. The summed E-state index contributed by atoms with van der Waals surface area (Å²) in [5, 5.41) is 7.20. The SMILES string of the molecule is CCCCCOC(=O)C1=C(C)Nc2ncnn2[C@@H]1c1ccccc1F. The van der Waals surface area contributed by atoms with E-state index in [1.54, 1.807) is 25.1 Å². The quantitative estimate of drug-likeness (QED) is 0.642. The third-order valence-corrected chi connectivity index (χ3v) is 4.20. The molecule has 0 fully saturated rings. The molecule has 0 unspecified atom stereocenters. The summed E-state index contributed by atoms with van der Waals surface area (Å²) in [4.78, 5) is 16.8. The first-order chi connectivity index (χ1) is 12.1. The van der Waals surface area contributed by atoms with Crippen LogP contribution in [0, 0.1) is 5.82 Å². The Bertz CT molecular complexity index is 800. The smallest absolute Gasteiger partial charge is 0.338 e. The first-order valence-electron chi connectivity index (χ1n) is 8.42. The molecule has 0 saturated heterocycles. The lowest BCUT2D eigenvalue weighted by Gasteiger charge is -2.28. The van der Waals surface area contributed by atoms with Crippen molar-refractivity contribution < 1.29 is 13.9 Å². The predicted octanol–water partition coefficient (Wildman–Crippen LogP) is 3.44. The number of carbonyl (C=O) groups is 1. The second-order valence-corrected chi connectivity index (χ2v) is 5.96. The van der Waals surface area contributed by atoms with Gasteiger partial charge in [-0.3, -0.25) is 0 Å². The normalized spacial score (nSPS) is 16.4. The molecule has 0 aliphatic carbocycles. The van der Waals surface area contributed by atoms with Crippen LogP contribution >= 0.6 is 0 Å². The molecule has 2 aromatic rings. The highest BCUT2D eigenvalue weighted by Gasteiger charge is 2.35. The minimum atomic E-state index is -0.710. The van der Waals surface area contributed by atoms with Gasteiger partial charge >= 0.3 is 5.97 Å². The summed E-state index contributed by atoms with van der Waals surface area (Å²) in [6, 6.07) is 5.65. The second kappa shape index (κ2) is 7.46. The topological polar surface area (TPSA) is 69.0 Å². The van der Waals surface area contributed by atoms with Crippen LogP contribution in [0.3, 0.4) is 0 Å². The molecule has 2 heterocycles. The largest absolute Gasteiger partial charge is 0.462 e. The molecule has 1 atom stereocenters. The molecule has 0 radical (unpaired) electrons. The molecular formula is C18H21FN4O2. The summed E-state index contributed by atoms with van der Waals surface area (Å²) < 4.78 is 21.4. The van der Waals surface area contributed by atoms with Crippen LogP contribution in [0.25, 0.3) is 0 Å². The third-order valence-electron chi connectivity index (χ3n) is 4.20. The van der Waals surface area contributed by atoms with Crippen molar-refractivity contribution in [3.8, 4) is 0 Å². The summed E-state index contributed by atoms with van der Waals surface area (Å²) in [5.74, 6) is -0.399. The number of rotatable bonds is 6. The number of esters is 1. The lowest BCUT2D eigenvalue weighted by Crippen LogP contribution is -2.30. The lowest BCUT2D eigenvalue weighted by molar-refractivity contribution is -0.139. The van der Waals surface area contributed by atoms with Gasteiger partial charge in [0, 0.05) is 11.3 Å². The number of benzene rings is 1. The third kappa shape index (κ3) is 3.40. The zero-order chi connectivity index (χ0) is 17.8. The maximum absolute atomic E-state index is 14.4. The first kappa shape index (κ1) is 17.1. The molecule has 132 valence electrons. The van der Waals surface area contributed by atoms with Gasteiger partial charge in [-0.15, -0.1) is 0 Å². The Kier molecular flexibility index (Phi) is 5.11. The van der Waals surface area contributed by atoms with Crippen molar-refractivity contribution in [2.45, 2.75) is 39.2 Å². The van der Waals surface area contributed by atoms with E-state index < -0.39 is 17.8 Å². The number of halogens is 1. The molecule has 25 heavy (non-hydrogen) atoms. The van der Waals surface area contributed by atoms with Gasteiger partial charge in [0.15, 0.2) is 0 Å². The highest BCUT2D eigenvalue weighted by molar-refractivity contribution is 5.92. The Morgan fingerprint density at radius 1 is 1.36 bits per heavy atom. The minimum Gasteiger partial charge on any atom is -0.462 e. The van der Waals surface area contributed by atoms with Crippen LogP contribution in [-0.4, -0.2) is 27.3 Å². The van der Waals surface area contributed by atoms with Crippen molar-refractivity contribution in [3.05, 3.63) is 53.2 Å². The Morgan fingerprint density at radius 2 is 2.16 bits per heavy atom. The molecule has 1 aliphatic rings. The molecule has 0 amide bonds. The van der Waals surface area contributed by atoms with Crippen LogP contribution in [0.1, 0.15) is 44.7 Å². The number of carbonyl (C=O) groups excluding carboxylic acids is 1. The molecule has 6 nitrogen and oxygen atoms in total. The highest BCUT2D eigenvalue weighted by Crippen LogP contribution is 2.36. The van der Waals surface area contributed by atoms with Crippen molar-refractivity contribution in [1.82, 2.24) is 14.8 Å². The molecule has 1 aromatic carbocycles. The maximum atomic E-state index is 14.4. The number of hydrogen-bond acceptors (Lipinski definition) is 5. The van der Waals surface area contributed by atoms with Gasteiger partial charge in [-0.05, 0) is 19.4 Å². The molecule has 0 saturated carbocycles. The van der Waals surface area contributed by atoms with E-state index in [1.807, 2.05) is 0 Å². The number of hydrogen-bond donors (Lipinski definition) is 1. The monoisotopic (exact) mass is 344 g/mol. The van der Waals surface area contributed by atoms with E-state index >= 15 is 0 Å². The van der Waals surface area contributed by atoms with E-state index in [9.17, 15) is 9.18 Å². The fourth-order valence-electron chi connectivity index (χ4n) is 2.93. The summed E-state index contributed by atoms with van der Waals surface area (Å²) in [6.45, 7) is 4.19. The van der Waals surface area contributed by atoms with E-state index in [0.29, 0.717) is 29.4 Å². The van der Waals surface area contributed by atoms with Gasteiger partial charge in [-0.2, -0.15) is 10.1 Å². The van der Waals surface area contributed by atoms with E-state index in [2.05, 4.69) is 22.3 Å². The molecule has 0 bridgehead atoms. The van der Waals surface area contributed by atoms with Gasteiger partial charge in [0.25, 0.3) is 0 Å². The standard InChI is InChI=1S/C18H21FN4O2/c1-3-4-7-10-25-17(24)15-12(2)22-18-20-11-21-23(18)16(15)13-8-5-6-9-14(13)19/h5-6,8-9,11,16H,3-4,7,10H2,1-2H3,(H,20,21,22)/t16-/m1/s1. The molecule has 1 N–H and O–H groups in total. The van der Waals surface area contributed by atoms with Crippen LogP contribution in [0.4, 0.5) is 10.3 Å². The van der Waals surface area contributed by atoms with Gasteiger partial charge in [0.2, 0.25) is 5.95 Å². The van der Waals surface area contributed by atoms with Crippen LogP contribution in [0.2, 0.25) is 0 Å². The van der Waals surface area contributed by atoms with E-state index in [1.165, 1.54) is 17.1 Å². The van der Waals surface area contributed by atoms with Gasteiger partial charge in [-0.25, -0.2) is 13.9 Å². The lowest BCUT2D eigenvalue weighted by atomic mass is 9.95. The van der Waals surface area contributed by atoms with Crippen molar-refractivity contribution in [3.63, 3.8) is 0 Å². The summed E-state index contributed by atoms with van der Waals surface area (Å²) >= 11 is 0. The number of anilines is 1. The van der Waals surface area contributed by atoms with Crippen LogP contribution in [0.5, 0.6) is 0 Å². The van der Waals surface area contributed by atoms with E-state index in [0.717, 1.165) is 19.3 Å². The number of ether oxygens (including phenoxy) is 1. The van der Waals surface area contributed by atoms with Crippen LogP contribution in [-0.2, 0) is 9.53 Å². The first-order valence-corrected chi connectivity index (χ1v) is 8.42. The highest BCUT2D eigenvalue weighted by atomic mass is 19.1. The van der Waals surface area contributed by atoms with Crippen LogP contribution < -0.4 is 5.32 Å². The summed E-state index contributed by atoms with van der Waals surface area (Å²) in [5.41, 5.74) is 1.30. The van der Waals surface area contributed by atoms with Crippen molar-refractivity contribution in [2.24, 2.45) is 0 Å².